The van der Waals surface area contributed by atoms with Gasteiger partial charge in [-0.3, -0.25) is 0 Å². The second-order valence-electron chi connectivity index (χ2n) is 1.38. The van der Waals surface area contributed by atoms with Crippen molar-refractivity contribution < 1.29 is 0 Å². The second-order valence-corrected chi connectivity index (χ2v) is 1.38. The molecule has 0 atom stereocenters. The first-order chi connectivity index (χ1) is 3.41. The quantitative estimate of drug-likeness (QED) is 0.521. The van der Waals surface area contributed by atoms with Crippen molar-refractivity contribution in [1.82, 2.24) is 0 Å². The first kappa shape index (κ1) is 6.41. The molecule has 0 unspecified atom stereocenters. The molecule has 1 nitrogen and oxygen atoms in total. The summed E-state index contributed by atoms with van der Waals surface area (Å²) in [4.78, 5) is 0. The smallest absolute Gasteiger partial charge is 0.0174 e. The highest BCUT2D eigenvalue weighted by Crippen LogP contribution is 1.85. The van der Waals surface area contributed by atoms with E-state index >= 15 is 0 Å². The van der Waals surface area contributed by atoms with Crippen LogP contribution in [0.3, 0.4) is 0 Å². The maximum absolute atomic E-state index is 6.57. The van der Waals surface area contributed by atoms with Crippen LogP contribution in [-0.4, -0.2) is 6.21 Å². The summed E-state index contributed by atoms with van der Waals surface area (Å²) in [5, 5.41) is 6.57. The fourth-order valence-electron chi connectivity index (χ4n) is 0.331. The van der Waals surface area contributed by atoms with Gasteiger partial charge in [-0.05, 0) is 12.5 Å². The monoisotopic (exact) mass is 97.1 g/mol. The van der Waals surface area contributed by atoms with Crippen LogP contribution in [0.4, 0.5) is 0 Å². The number of hydrogen-bond acceptors (Lipinski definition) is 1. The van der Waals surface area contributed by atoms with Crippen LogP contribution in [0.5, 0.6) is 0 Å². The van der Waals surface area contributed by atoms with E-state index in [0.29, 0.717) is 0 Å². The molecule has 0 amide bonds. The average molecular weight is 97.2 g/mol. The molecule has 0 fully saturated rings. The molecule has 1 N–H and O–H groups in total. The second kappa shape index (κ2) is 5.41. The lowest BCUT2D eigenvalue weighted by molar-refractivity contribution is 0.960. The van der Waals surface area contributed by atoms with Crippen LogP contribution in [0.25, 0.3) is 0 Å². The highest BCUT2D eigenvalue weighted by molar-refractivity contribution is 5.67. The Hall–Kier alpha value is -0.590. The predicted octanol–water partition coefficient (Wildman–Crippen LogP) is 1.99. The molecule has 0 saturated carbocycles. The summed E-state index contributed by atoms with van der Waals surface area (Å²) in [5.74, 6) is 0. The first-order valence-corrected chi connectivity index (χ1v) is 2.57. The summed E-state index contributed by atoms with van der Waals surface area (Å²) in [7, 11) is 0. The van der Waals surface area contributed by atoms with Gasteiger partial charge in [0.05, 0.1) is 0 Å². The summed E-state index contributed by atoms with van der Waals surface area (Å²) in [6.45, 7) is 2.12. The minimum atomic E-state index is 1.09. The van der Waals surface area contributed by atoms with Crippen LogP contribution in [0.1, 0.15) is 19.8 Å². The van der Waals surface area contributed by atoms with Gasteiger partial charge < -0.3 is 5.41 Å². The number of hydrogen-bond donors (Lipinski definition) is 1. The maximum atomic E-state index is 6.57. The lowest BCUT2D eigenvalue weighted by Crippen LogP contribution is -1.60. The van der Waals surface area contributed by atoms with Gasteiger partial charge in [0.2, 0.25) is 0 Å². The molecule has 0 radical (unpaired) electrons. The van der Waals surface area contributed by atoms with Gasteiger partial charge in [-0.25, -0.2) is 0 Å². The van der Waals surface area contributed by atoms with Crippen molar-refractivity contribution in [2.45, 2.75) is 19.8 Å². The van der Waals surface area contributed by atoms with Crippen LogP contribution < -0.4 is 0 Å². The third-order valence-corrected chi connectivity index (χ3v) is 0.688. The lowest BCUT2D eigenvalue weighted by atomic mass is 10.3. The molecule has 0 heterocycles. The Labute approximate surface area is 44.6 Å². The summed E-state index contributed by atoms with van der Waals surface area (Å²) in [6, 6.07) is 0. The van der Waals surface area contributed by atoms with E-state index in [1.165, 1.54) is 12.6 Å². The molecule has 0 aliphatic heterocycles. The Morgan fingerprint density at radius 1 is 1.57 bits per heavy atom. The molecule has 0 rings (SSSR count). The molecular weight excluding hydrogens is 86.1 g/mol. The number of nitrogens with one attached hydrogen (secondary N) is 1. The van der Waals surface area contributed by atoms with E-state index in [1.54, 1.807) is 6.08 Å². The predicted molar refractivity (Wildman–Crippen MR) is 32.8 cm³/mol. The average Bonchev–Trinajstić information content (AvgIpc) is 1.69. The molecule has 0 aromatic heterocycles. The molecule has 0 aromatic carbocycles. The largest absolute Gasteiger partial charge is 0.309 e. The SMILES string of the molecule is CCC/C=C/C=N. The summed E-state index contributed by atoms with van der Waals surface area (Å²) < 4.78 is 0. The molecule has 7 heavy (non-hydrogen) atoms. The third kappa shape index (κ3) is 5.41. The van der Waals surface area contributed by atoms with E-state index in [2.05, 4.69) is 6.92 Å². The minimum absolute atomic E-state index is 1.09. The lowest BCUT2D eigenvalue weighted by Gasteiger charge is -1.76. The first-order valence-electron chi connectivity index (χ1n) is 2.57. The molecule has 0 aliphatic carbocycles. The van der Waals surface area contributed by atoms with Crippen molar-refractivity contribution in [3.05, 3.63) is 12.2 Å². The van der Waals surface area contributed by atoms with Crippen LogP contribution >= 0.6 is 0 Å². The highest BCUT2D eigenvalue weighted by atomic mass is 14.3. The molecule has 0 aliphatic rings. The number of rotatable bonds is 3. The maximum Gasteiger partial charge on any atom is 0.0174 e. The summed E-state index contributed by atoms with van der Waals surface area (Å²) in [5.41, 5.74) is 0. The Bertz CT molecular complexity index is 64.6. The molecule has 1 heteroatoms. The van der Waals surface area contributed by atoms with Crippen molar-refractivity contribution in [1.29, 1.82) is 5.41 Å². The molecule has 0 spiro atoms. The van der Waals surface area contributed by atoms with Crippen molar-refractivity contribution >= 4 is 6.21 Å². The van der Waals surface area contributed by atoms with E-state index in [1.807, 2.05) is 6.08 Å². The fourth-order valence-corrected chi connectivity index (χ4v) is 0.331. The van der Waals surface area contributed by atoms with Gasteiger partial charge in [-0.1, -0.05) is 19.4 Å². The van der Waals surface area contributed by atoms with E-state index in [4.69, 9.17) is 5.41 Å². The highest BCUT2D eigenvalue weighted by Gasteiger charge is 1.66. The van der Waals surface area contributed by atoms with Crippen LogP contribution in [0.15, 0.2) is 12.2 Å². The van der Waals surface area contributed by atoms with E-state index in [-0.39, 0.29) is 0 Å². The molecule has 0 bridgehead atoms. The Morgan fingerprint density at radius 3 is 2.71 bits per heavy atom. The zero-order chi connectivity index (χ0) is 5.54. The number of unbranched alkanes of at least 4 members (excludes halogenated alkanes) is 1. The van der Waals surface area contributed by atoms with E-state index in [9.17, 15) is 0 Å². The zero-order valence-corrected chi connectivity index (χ0v) is 4.65. The van der Waals surface area contributed by atoms with Crippen LogP contribution in [0, 0.1) is 5.41 Å². The molecular formula is C6H11N. The van der Waals surface area contributed by atoms with Gasteiger partial charge in [-0.15, -0.1) is 0 Å². The van der Waals surface area contributed by atoms with Crippen LogP contribution in [0.2, 0.25) is 0 Å². The van der Waals surface area contributed by atoms with Gasteiger partial charge >= 0.3 is 0 Å². The molecule has 0 aromatic rings. The van der Waals surface area contributed by atoms with Gasteiger partial charge in [0.15, 0.2) is 0 Å². The third-order valence-electron chi connectivity index (χ3n) is 0.688. The van der Waals surface area contributed by atoms with Crippen LogP contribution in [-0.2, 0) is 0 Å². The molecule has 40 valence electrons. The standard InChI is InChI=1S/C6H11N/c1-2-3-4-5-6-7/h4-7H,2-3H2,1H3/b5-4+,7-6?. The fraction of sp³-hybridized carbons (Fsp3) is 0.500. The molecule has 0 saturated heterocycles. The van der Waals surface area contributed by atoms with Crippen molar-refractivity contribution in [3.63, 3.8) is 0 Å². The topological polar surface area (TPSA) is 23.9 Å². The van der Waals surface area contributed by atoms with E-state index < -0.39 is 0 Å². The Balaban J connectivity index is 2.92. The number of allylic oxidation sites excluding steroid dienone is 2. The summed E-state index contributed by atoms with van der Waals surface area (Å²) >= 11 is 0. The Morgan fingerprint density at radius 2 is 2.29 bits per heavy atom. The zero-order valence-electron chi connectivity index (χ0n) is 4.65. The van der Waals surface area contributed by atoms with Gasteiger partial charge in [-0.2, -0.15) is 0 Å². The van der Waals surface area contributed by atoms with Gasteiger partial charge in [0.25, 0.3) is 0 Å². The van der Waals surface area contributed by atoms with E-state index in [0.717, 1.165) is 6.42 Å². The van der Waals surface area contributed by atoms with Crippen molar-refractivity contribution in [2.75, 3.05) is 0 Å². The minimum Gasteiger partial charge on any atom is -0.309 e. The Kier molecular flexibility index (Phi) is 4.95. The normalized spacial score (nSPS) is 9.86. The van der Waals surface area contributed by atoms with Gasteiger partial charge in [0.1, 0.15) is 0 Å². The summed E-state index contributed by atoms with van der Waals surface area (Å²) in [6.07, 6.45) is 7.31. The van der Waals surface area contributed by atoms with Crippen molar-refractivity contribution in [2.24, 2.45) is 0 Å². The van der Waals surface area contributed by atoms with Crippen molar-refractivity contribution in [3.8, 4) is 0 Å². The van der Waals surface area contributed by atoms with Gasteiger partial charge in [0, 0.05) is 6.21 Å².